The number of hydrogen-bond donors (Lipinski definition) is 2. The lowest BCUT2D eigenvalue weighted by atomic mass is 10.0. The third-order valence-electron chi connectivity index (χ3n) is 5.91. The van der Waals surface area contributed by atoms with Crippen LogP contribution >= 0.6 is 11.6 Å². The van der Waals surface area contributed by atoms with Crippen molar-refractivity contribution in [3.63, 3.8) is 0 Å². The zero-order chi connectivity index (χ0) is 24.8. The van der Waals surface area contributed by atoms with Crippen LogP contribution in [-0.4, -0.2) is 44.6 Å². The number of alkyl halides is 2. The number of hydrogen-bond acceptors (Lipinski definition) is 6. The van der Waals surface area contributed by atoms with Gasteiger partial charge in [0, 0.05) is 25.6 Å². The molecule has 2 aromatic heterocycles. The van der Waals surface area contributed by atoms with Crippen LogP contribution in [-0.2, 0) is 7.05 Å². The van der Waals surface area contributed by atoms with Gasteiger partial charge in [0.15, 0.2) is 5.69 Å². The van der Waals surface area contributed by atoms with E-state index in [2.05, 4.69) is 15.3 Å². The van der Waals surface area contributed by atoms with Gasteiger partial charge in [-0.25, -0.2) is 23.5 Å². The second-order valence-electron chi connectivity index (χ2n) is 8.61. The molecule has 1 fully saturated rings. The standard InChI is InChI=1S/C23H24ClF2N5O3/c1-12-9-14(13(2)27-16-5-6-17(24)28-19(16)21(33)34)18-15(10-12)20(32)30(3)22(29-18)31-8-4-7-23(25,26)11-31/h5-6,9-10,13,27H,4,7-8,11H2,1-3H3,(H,33,34)/t13-/m1/s1. The molecule has 0 bridgehead atoms. The van der Waals surface area contributed by atoms with Gasteiger partial charge in [0.05, 0.1) is 29.2 Å². The molecule has 3 heterocycles. The summed E-state index contributed by atoms with van der Waals surface area (Å²) in [7, 11) is 1.53. The summed E-state index contributed by atoms with van der Waals surface area (Å²) in [5, 5.41) is 13.0. The fourth-order valence-corrected chi connectivity index (χ4v) is 4.46. The number of halogens is 3. The Morgan fingerprint density at radius 1 is 1.29 bits per heavy atom. The predicted molar refractivity (Wildman–Crippen MR) is 126 cm³/mol. The van der Waals surface area contributed by atoms with E-state index in [1.807, 2.05) is 13.0 Å². The van der Waals surface area contributed by atoms with Crippen molar-refractivity contribution >= 4 is 40.1 Å². The first-order valence-electron chi connectivity index (χ1n) is 10.8. The van der Waals surface area contributed by atoms with Gasteiger partial charge in [-0.3, -0.25) is 9.36 Å². The second kappa shape index (κ2) is 8.83. The van der Waals surface area contributed by atoms with Crippen molar-refractivity contribution in [1.82, 2.24) is 14.5 Å². The maximum atomic E-state index is 14.1. The highest BCUT2D eigenvalue weighted by atomic mass is 35.5. The number of anilines is 2. The minimum absolute atomic E-state index is 0.0461. The van der Waals surface area contributed by atoms with Gasteiger partial charge < -0.3 is 15.3 Å². The largest absolute Gasteiger partial charge is 0.476 e. The number of piperidine rings is 1. The van der Waals surface area contributed by atoms with Gasteiger partial charge in [-0.1, -0.05) is 17.7 Å². The molecule has 2 N–H and O–H groups in total. The number of nitrogens with one attached hydrogen (secondary N) is 1. The number of fused-ring (bicyclic) bond motifs is 1. The zero-order valence-electron chi connectivity index (χ0n) is 18.9. The topological polar surface area (TPSA) is 100 Å². The third-order valence-corrected chi connectivity index (χ3v) is 6.12. The van der Waals surface area contributed by atoms with Gasteiger partial charge in [-0.2, -0.15) is 0 Å². The van der Waals surface area contributed by atoms with E-state index in [1.54, 1.807) is 13.0 Å². The molecule has 1 atom stereocenters. The molecular weight excluding hydrogens is 468 g/mol. The monoisotopic (exact) mass is 491 g/mol. The maximum absolute atomic E-state index is 14.1. The lowest BCUT2D eigenvalue weighted by molar-refractivity contribution is -0.0122. The fraction of sp³-hybridized carbons (Fsp3) is 0.391. The van der Waals surface area contributed by atoms with Gasteiger partial charge in [-0.15, -0.1) is 0 Å². The van der Waals surface area contributed by atoms with E-state index in [1.165, 1.54) is 28.6 Å². The smallest absolute Gasteiger partial charge is 0.356 e. The van der Waals surface area contributed by atoms with Crippen molar-refractivity contribution in [2.24, 2.45) is 7.05 Å². The first-order chi connectivity index (χ1) is 16.0. The number of benzene rings is 1. The van der Waals surface area contributed by atoms with Crippen LogP contribution < -0.4 is 15.8 Å². The molecule has 3 aromatic rings. The van der Waals surface area contributed by atoms with Crippen LogP contribution in [0, 0.1) is 6.92 Å². The number of nitrogens with zero attached hydrogens (tertiary/aromatic N) is 4. The Balaban J connectivity index is 1.82. The number of carbonyl (C=O) groups is 1. The summed E-state index contributed by atoms with van der Waals surface area (Å²) in [4.78, 5) is 34.8. The van der Waals surface area contributed by atoms with Crippen molar-refractivity contribution in [3.8, 4) is 0 Å². The van der Waals surface area contributed by atoms with Crippen LogP contribution in [0.15, 0.2) is 29.1 Å². The Kier molecular flexibility index (Phi) is 6.20. The van der Waals surface area contributed by atoms with Crippen molar-refractivity contribution in [1.29, 1.82) is 0 Å². The number of pyridine rings is 1. The van der Waals surface area contributed by atoms with Gasteiger partial charge >= 0.3 is 5.97 Å². The summed E-state index contributed by atoms with van der Waals surface area (Å²) in [5.41, 5.74) is 1.47. The summed E-state index contributed by atoms with van der Waals surface area (Å²) < 4.78 is 29.5. The van der Waals surface area contributed by atoms with Crippen molar-refractivity contribution in [3.05, 3.63) is 56.6 Å². The van der Waals surface area contributed by atoms with Gasteiger partial charge in [0.2, 0.25) is 5.95 Å². The molecule has 1 aliphatic rings. The second-order valence-corrected chi connectivity index (χ2v) is 9.00. The lowest BCUT2D eigenvalue weighted by Gasteiger charge is -2.34. The summed E-state index contributed by atoms with van der Waals surface area (Å²) in [6, 6.07) is 6.05. The van der Waals surface area contributed by atoms with Crippen LogP contribution in [0.1, 0.15) is 47.4 Å². The van der Waals surface area contributed by atoms with Crippen LogP contribution in [0.25, 0.3) is 10.9 Å². The normalized spacial score (nSPS) is 16.5. The van der Waals surface area contributed by atoms with E-state index in [0.29, 0.717) is 29.4 Å². The number of aromatic carboxylic acids is 1. The molecule has 1 aliphatic heterocycles. The highest BCUT2D eigenvalue weighted by molar-refractivity contribution is 6.29. The molecule has 1 aromatic carbocycles. The zero-order valence-corrected chi connectivity index (χ0v) is 19.7. The lowest BCUT2D eigenvalue weighted by Crippen LogP contribution is -2.45. The number of rotatable bonds is 5. The van der Waals surface area contributed by atoms with Crippen LogP contribution in [0.4, 0.5) is 20.4 Å². The average molecular weight is 492 g/mol. The Morgan fingerprint density at radius 2 is 2.03 bits per heavy atom. The van der Waals surface area contributed by atoms with Gasteiger partial charge in [0.1, 0.15) is 5.15 Å². The molecule has 11 heteroatoms. The Morgan fingerprint density at radius 3 is 2.71 bits per heavy atom. The predicted octanol–water partition coefficient (Wildman–Crippen LogP) is 4.40. The van der Waals surface area contributed by atoms with Crippen LogP contribution in [0.3, 0.4) is 0 Å². The summed E-state index contributed by atoms with van der Waals surface area (Å²) >= 11 is 5.85. The van der Waals surface area contributed by atoms with Gasteiger partial charge in [-0.05, 0) is 44.0 Å². The molecule has 0 aliphatic carbocycles. The van der Waals surface area contributed by atoms with E-state index in [9.17, 15) is 23.5 Å². The minimum atomic E-state index is -2.86. The molecule has 8 nitrogen and oxygen atoms in total. The van der Waals surface area contributed by atoms with Crippen LogP contribution in [0.5, 0.6) is 0 Å². The highest BCUT2D eigenvalue weighted by Crippen LogP contribution is 2.32. The Hall–Kier alpha value is -3.27. The third kappa shape index (κ3) is 4.54. The molecule has 4 rings (SSSR count). The molecule has 0 unspecified atom stereocenters. The van der Waals surface area contributed by atoms with E-state index >= 15 is 0 Å². The molecule has 0 saturated carbocycles. The number of aryl methyl sites for hydroxylation is 1. The quantitative estimate of drug-likeness (QED) is 0.510. The maximum Gasteiger partial charge on any atom is 0.356 e. The molecule has 0 amide bonds. The van der Waals surface area contributed by atoms with Crippen LogP contribution in [0.2, 0.25) is 5.15 Å². The van der Waals surface area contributed by atoms with Crippen molar-refractivity contribution in [2.75, 3.05) is 23.3 Å². The molecular formula is C23H24ClF2N5O3. The van der Waals surface area contributed by atoms with Gasteiger partial charge in [0.25, 0.3) is 11.5 Å². The fourth-order valence-electron chi connectivity index (χ4n) is 4.32. The number of carboxylic acids is 1. The SMILES string of the molecule is Cc1cc([C@@H](C)Nc2ccc(Cl)nc2C(=O)O)c2nc(N3CCCC(F)(F)C3)n(C)c(=O)c2c1. The van der Waals surface area contributed by atoms with E-state index in [-0.39, 0.29) is 34.5 Å². The minimum Gasteiger partial charge on any atom is -0.476 e. The number of carboxylic acid groups (broad SMARTS) is 1. The van der Waals surface area contributed by atoms with E-state index < -0.39 is 24.5 Å². The van der Waals surface area contributed by atoms with E-state index in [0.717, 1.165) is 5.56 Å². The summed E-state index contributed by atoms with van der Waals surface area (Å²) in [6.45, 7) is 3.49. The molecule has 180 valence electrons. The first kappa shape index (κ1) is 23.9. The molecule has 0 radical (unpaired) electrons. The number of aromatic nitrogens is 3. The highest BCUT2D eigenvalue weighted by Gasteiger charge is 2.36. The molecule has 1 saturated heterocycles. The van der Waals surface area contributed by atoms with E-state index in [4.69, 9.17) is 11.6 Å². The first-order valence-corrected chi connectivity index (χ1v) is 11.1. The molecule has 34 heavy (non-hydrogen) atoms. The molecule has 0 spiro atoms. The van der Waals surface area contributed by atoms with Crippen molar-refractivity contribution < 1.29 is 18.7 Å². The summed E-state index contributed by atoms with van der Waals surface area (Å²) in [6.07, 6.45) is 0.0959. The summed E-state index contributed by atoms with van der Waals surface area (Å²) in [5.74, 6) is -3.93. The average Bonchev–Trinajstić information content (AvgIpc) is 2.76. The Labute approximate surface area is 199 Å². The van der Waals surface area contributed by atoms with Crippen molar-refractivity contribution in [2.45, 2.75) is 38.7 Å². The Bertz CT molecular complexity index is 1340.